The number of ether oxygens (including phenoxy) is 1. The second-order valence-corrected chi connectivity index (χ2v) is 6.03. The van der Waals surface area contributed by atoms with Crippen molar-refractivity contribution >= 4 is 21.9 Å². The van der Waals surface area contributed by atoms with Crippen LogP contribution in [0.3, 0.4) is 0 Å². The van der Waals surface area contributed by atoms with Crippen molar-refractivity contribution in [2.75, 3.05) is 13.7 Å². The zero-order valence-corrected chi connectivity index (χ0v) is 13.4. The SMILES string of the molecule is CCC1(C(=O)O)CCCN1Cc1cc(OC)ccc1Br. The van der Waals surface area contributed by atoms with Gasteiger partial charge < -0.3 is 9.84 Å². The Morgan fingerprint density at radius 1 is 1.55 bits per heavy atom. The highest BCUT2D eigenvalue weighted by atomic mass is 79.9. The zero-order valence-electron chi connectivity index (χ0n) is 11.9. The minimum Gasteiger partial charge on any atom is -0.497 e. The molecule has 0 saturated carbocycles. The molecule has 0 bridgehead atoms. The first kappa shape index (κ1) is 15.3. The third-order valence-corrected chi connectivity index (χ3v) is 4.99. The molecule has 0 spiro atoms. The van der Waals surface area contributed by atoms with E-state index in [1.54, 1.807) is 7.11 Å². The van der Waals surface area contributed by atoms with Gasteiger partial charge in [-0.1, -0.05) is 22.9 Å². The van der Waals surface area contributed by atoms with Gasteiger partial charge >= 0.3 is 5.97 Å². The molecule has 110 valence electrons. The first-order valence-electron chi connectivity index (χ1n) is 6.84. The molecule has 1 unspecified atom stereocenters. The molecule has 1 atom stereocenters. The number of carbonyl (C=O) groups is 1. The van der Waals surface area contributed by atoms with Gasteiger partial charge in [0.25, 0.3) is 0 Å². The lowest BCUT2D eigenvalue weighted by atomic mass is 9.92. The number of hydrogen-bond donors (Lipinski definition) is 1. The van der Waals surface area contributed by atoms with E-state index in [0.717, 1.165) is 35.2 Å². The van der Waals surface area contributed by atoms with Crippen molar-refractivity contribution in [3.63, 3.8) is 0 Å². The summed E-state index contributed by atoms with van der Waals surface area (Å²) >= 11 is 3.53. The predicted molar refractivity (Wildman–Crippen MR) is 81.0 cm³/mol. The molecule has 2 rings (SSSR count). The van der Waals surface area contributed by atoms with E-state index >= 15 is 0 Å². The summed E-state index contributed by atoms with van der Waals surface area (Å²) in [5.41, 5.74) is 0.341. The lowest BCUT2D eigenvalue weighted by Crippen LogP contribution is -2.49. The van der Waals surface area contributed by atoms with E-state index in [2.05, 4.69) is 20.8 Å². The third kappa shape index (κ3) is 2.69. The monoisotopic (exact) mass is 341 g/mol. The summed E-state index contributed by atoms with van der Waals surface area (Å²) in [4.78, 5) is 13.8. The first-order chi connectivity index (χ1) is 9.53. The maximum absolute atomic E-state index is 11.7. The molecule has 0 aliphatic carbocycles. The molecule has 1 saturated heterocycles. The molecule has 1 aromatic carbocycles. The van der Waals surface area contributed by atoms with E-state index in [1.807, 2.05) is 25.1 Å². The Morgan fingerprint density at radius 3 is 2.90 bits per heavy atom. The van der Waals surface area contributed by atoms with Crippen LogP contribution in [0.25, 0.3) is 0 Å². The van der Waals surface area contributed by atoms with Gasteiger partial charge in [-0.15, -0.1) is 0 Å². The smallest absolute Gasteiger partial charge is 0.324 e. The maximum Gasteiger partial charge on any atom is 0.324 e. The molecule has 1 fully saturated rings. The lowest BCUT2D eigenvalue weighted by Gasteiger charge is -2.34. The first-order valence-corrected chi connectivity index (χ1v) is 7.63. The van der Waals surface area contributed by atoms with Crippen LogP contribution in [0.1, 0.15) is 31.7 Å². The summed E-state index contributed by atoms with van der Waals surface area (Å²) < 4.78 is 6.23. The second-order valence-electron chi connectivity index (χ2n) is 5.17. The van der Waals surface area contributed by atoms with Gasteiger partial charge in [0, 0.05) is 11.0 Å². The molecular formula is C15H20BrNO3. The average molecular weight is 342 g/mol. The molecule has 1 N–H and O–H groups in total. The summed E-state index contributed by atoms with van der Waals surface area (Å²) in [6.07, 6.45) is 2.28. The molecule has 1 aliphatic heterocycles. The third-order valence-electron chi connectivity index (χ3n) is 4.22. The Bertz CT molecular complexity index is 506. The number of nitrogens with zero attached hydrogens (tertiary/aromatic N) is 1. The molecule has 0 aromatic heterocycles. The normalized spacial score (nSPS) is 22.9. The van der Waals surface area contributed by atoms with Crippen LogP contribution in [0.2, 0.25) is 0 Å². The number of rotatable bonds is 5. The second kappa shape index (κ2) is 6.14. The standard InChI is InChI=1S/C15H20BrNO3/c1-3-15(14(18)19)7-4-8-17(15)10-11-9-12(20-2)5-6-13(11)16/h5-6,9H,3-4,7-8,10H2,1-2H3,(H,18,19). The van der Waals surface area contributed by atoms with Gasteiger partial charge in [-0.05, 0) is 49.6 Å². The fraction of sp³-hybridized carbons (Fsp3) is 0.533. The van der Waals surface area contributed by atoms with Crippen LogP contribution in [0.4, 0.5) is 0 Å². The van der Waals surface area contributed by atoms with Crippen LogP contribution in [0, 0.1) is 0 Å². The topological polar surface area (TPSA) is 49.8 Å². The van der Waals surface area contributed by atoms with Crippen molar-refractivity contribution in [3.8, 4) is 5.75 Å². The largest absolute Gasteiger partial charge is 0.497 e. The molecule has 1 heterocycles. The molecule has 0 amide bonds. The van der Waals surface area contributed by atoms with E-state index in [0.29, 0.717) is 13.0 Å². The van der Waals surface area contributed by atoms with Crippen molar-refractivity contribution in [2.24, 2.45) is 0 Å². The number of methoxy groups -OCH3 is 1. The summed E-state index contributed by atoms with van der Waals surface area (Å²) in [7, 11) is 1.64. The fourth-order valence-corrected chi connectivity index (χ4v) is 3.34. The van der Waals surface area contributed by atoms with E-state index in [-0.39, 0.29) is 0 Å². The van der Waals surface area contributed by atoms with E-state index in [1.165, 1.54) is 0 Å². The van der Waals surface area contributed by atoms with Gasteiger partial charge in [-0.25, -0.2) is 0 Å². The number of carboxylic acids is 1. The lowest BCUT2D eigenvalue weighted by molar-refractivity contribution is -0.150. The van der Waals surface area contributed by atoms with Gasteiger partial charge in [0.2, 0.25) is 0 Å². The molecule has 1 aromatic rings. The zero-order chi connectivity index (χ0) is 14.8. The van der Waals surface area contributed by atoms with E-state index in [9.17, 15) is 9.90 Å². The minimum atomic E-state index is -0.720. The van der Waals surface area contributed by atoms with Gasteiger partial charge in [-0.3, -0.25) is 9.69 Å². The highest BCUT2D eigenvalue weighted by Gasteiger charge is 2.46. The number of aliphatic carboxylic acids is 1. The van der Waals surface area contributed by atoms with Crippen molar-refractivity contribution in [1.29, 1.82) is 0 Å². The molecule has 5 heteroatoms. The van der Waals surface area contributed by atoms with Crippen LogP contribution in [-0.2, 0) is 11.3 Å². The highest BCUT2D eigenvalue weighted by molar-refractivity contribution is 9.10. The summed E-state index contributed by atoms with van der Waals surface area (Å²) in [6.45, 7) is 3.40. The van der Waals surface area contributed by atoms with Crippen LogP contribution < -0.4 is 4.74 Å². The highest BCUT2D eigenvalue weighted by Crippen LogP contribution is 2.35. The van der Waals surface area contributed by atoms with Gasteiger partial charge in [0.05, 0.1) is 7.11 Å². The quantitative estimate of drug-likeness (QED) is 0.892. The molecule has 20 heavy (non-hydrogen) atoms. The van der Waals surface area contributed by atoms with Crippen LogP contribution >= 0.6 is 15.9 Å². The Morgan fingerprint density at radius 2 is 2.30 bits per heavy atom. The Hall–Kier alpha value is -1.07. The molecule has 0 radical (unpaired) electrons. The van der Waals surface area contributed by atoms with Crippen molar-refractivity contribution in [1.82, 2.24) is 4.90 Å². The van der Waals surface area contributed by atoms with Gasteiger partial charge in [0.15, 0.2) is 0 Å². The van der Waals surface area contributed by atoms with E-state index < -0.39 is 11.5 Å². The van der Waals surface area contributed by atoms with Crippen LogP contribution in [0.5, 0.6) is 5.75 Å². The molecule has 4 nitrogen and oxygen atoms in total. The van der Waals surface area contributed by atoms with E-state index in [4.69, 9.17) is 4.74 Å². The average Bonchev–Trinajstić information content (AvgIpc) is 2.85. The number of benzene rings is 1. The summed E-state index contributed by atoms with van der Waals surface area (Å²) in [5, 5.41) is 9.60. The predicted octanol–water partition coefficient (Wildman–Crippen LogP) is 3.29. The summed E-state index contributed by atoms with van der Waals surface area (Å²) in [5.74, 6) is 0.0799. The molecule has 1 aliphatic rings. The Balaban J connectivity index is 2.27. The van der Waals surface area contributed by atoms with Crippen molar-refractivity contribution < 1.29 is 14.6 Å². The van der Waals surface area contributed by atoms with Crippen LogP contribution in [-0.4, -0.2) is 35.2 Å². The Labute approximate surface area is 127 Å². The number of likely N-dealkylation sites (tertiary alicyclic amines) is 1. The van der Waals surface area contributed by atoms with Crippen molar-refractivity contribution in [2.45, 2.75) is 38.3 Å². The Kier molecular flexibility index (Phi) is 4.70. The number of halogens is 1. The summed E-state index contributed by atoms with van der Waals surface area (Å²) in [6, 6.07) is 5.80. The van der Waals surface area contributed by atoms with Crippen molar-refractivity contribution in [3.05, 3.63) is 28.2 Å². The van der Waals surface area contributed by atoms with Gasteiger partial charge in [-0.2, -0.15) is 0 Å². The minimum absolute atomic E-state index is 0.623. The number of carboxylic acid groups (broad SMARTS) is 1. The molecular weight excluding hydrogens is 322 g/mol. The fourth-order valence-electron chi connectivity index (χ4n) is 2.96. The van der Waals surface area contributed by atoms with Gasteiger partial charge in [0.1, 0.15) is 11.3 Å². The number of hydrogen-bond acceptors (Lipinski definition) is 3. The van der Waals surface area contributed by atoms with Crippen LogP contribution in [0.15, 0.2) is 22.7 Å². The maximum atomic E-state index is 11.7.